The van der Waals surface area contributed by atoms with Gasteiger partial charge in [0.2, 0.25) is 0 Å². The third kappa shape index (κ3) is 6.54. The van der Waals surface area contributed by atoms with E-state index in [1.807, 2.05) is 6.92 Å². The van der Waals surface area contributed by atoms with Crippen LogP contribution in [0, 0.1) is 6.92 Å². The number of hydrogen-bond donors (Lipinski definition) is 1. The molecule has 2 heterocycles. The number of unbranched alkanes of at least 4 members (excludes halogenated alkanes) is 1. The zero-order chi connectivity index (χ0) is 30.2. The minimum absolute atomic E-state index is 0.0170. The van der Waals surface area contributed by atoms with Gasteiger partial charge in [0.15, 0.2) is 5.13 Å². The Bertz CT molecular complexity index is 1490. The van der Waals surface area contributed by atoms with Gasteiger partial charge in [0.25, 0.3) is 5.78 Å². The molecule has 0 aliphatic carbocycles. The highest BCUT2D eigenvalue weighted by Crippen LogP contribution is 2.44. The molecule has 1 unspecified atom stereocenters. The number of amides is 1. The summed E-state index contributed by atoms with van der Waals surface area (Å²) in [5.41, 5.74) is 1.14. The quantitative estimate of drug-likeness (QED) is 0.0608. The molecule has 1 aliphatic rings. The van der Waals surface area contributed by atoms with Crippen molar-refractivity contribution in [1.82, 2.24) is 4.98 Å². The molecule has 0 saturated carbocycles. The van der Waals surface area contributed by atoms with Crippen LogP contribution >= 0.6 is 11.3 Å². The molecule has 220 valence electrons. The second-order valence-corrected chi connectivity index (χ2v) is 10.6. The second-order valence-electron chi connectivity index (χ2n) is 9.61. The van der Waals surface area contributed by atoms with Crippen LogP contribution in [0.4, 0.5) is 5.13 Å². The Balaban J connectivity index is 1.82. The Morgan fingerprint density at radius 3 is 2.50 bits per heavy atom. The lowest BCUT2D eigenvalue weighted by atomic mass is 9.95. The van der Waals surface area contributed by atoms with Gasteiger partial charge in [-0.25, -0.2) is 9.78 Å². The van der Waals surface area contributed by atoms with Crippen molar-refractivity contribution in [2.24, 2.45) is 0 Å². The Hall–Kier alpha value is -4.44. The van der Waals surface area contributed by atoms with Crippen LogP contribution in [0.2, 0.25) is 0 Å². The molecule has 1 N–H and O–H groups in total. The predicted octanol–water partition coefficient (Wildman–Crippen LogP) is 6.39. The molecule has 1 aliphatic heterocycles. The topological polar surface area (TPSA) is 115 Å². The molecule has 1 aromatic heterocycles. The van der Waals surface area contributed by atoms with E-state index in [4.69, 9.17) is 14.2 Å². The van der Waals surface area contributed by atoms with E-state index in [2.05, 4.69) is 18.5 Å². The Labute approximate surface area is 249 Å². The molecule has 1 fully saturated rings. The van der Waals surface area contributed by atoms with E-state index in [-0.39, 0.29) is 27.9 Å². The lowest BCUT2D eigenvalue weighted by Gasteiger charge is -2.23. The van der Waals surface area contributed by atoms with E-state index < -0.39 is 23.7 Å². The van der Waals surface area contributed by atoms with Gasteiger partial charge in [-0.05, 0) is 61.7 Å². The molecule has 0 spiro atoms. The van der Waals surface area contributed by atoms with Gasteiger partial charge in [0.05, 0.1) is 30.5 Å². The van der Waals surface area contributed by atoms with Crippen LogP contribution in [-0.4, -0.2) is 47.6 Å². The molecule has 3 aromatic rings. The molecule has 1 amide bonds. The van der Waals surface area contributed by atoms with Crippen molar-refractivity contribution in [3.63, 3.8) is 0 Å². The number of esters is 1. The smallest absolute Gasteiger partial charge is 0.350 e. The van der Waals surface area contributed by atoms with Crippen LogP contribution in [0.1, 0.15) is 65.6 Å². The van der Waals surface area contributed by atoms with Crippen molar-refractivity contribution in [3.8, 4) is 11.5 Å². The highest BCUT2D eigenvalue weighted by molar-refractivity contribution is 7.17. The average molecular weight is 591 g/mol. The number of ketones is 1. The Morgan fingerprint density at radius 1 is 1.07 bits per heavy atom. The monoisotopic (exact) mass is 590 g/mol. The summed E-state index contributed by atoms with van der Waals surface area (Å²) in [6.45, 7) is 10.3. The zero-order valence-corrected chi connectivity index (χ0v) is 24.7. The van der Waals surface area contributed by atoms with Crippen molar-refractivity contribution in [3.05, 3.63) is 88.5 Å². The fraction of sp³-hybridized carbons (Fsp3) is 0.312. The number of rotatable bonds is 13. The van der Waals surface area contributed by atoms with Gasteiger partial charge in [-0.2, -0.15) is 0 Å². The SMILES string of the molecule is C=CCOC(=O)c1sc(N2C(=O)C(=O)/C(=C(/O)c3ccc(OCCC)cc3)C2c2cccc(OCCCC)c2)nc1C. The van der Waals surface area contributed by atoms with Gasteiger partial charge in [0.1, 0.15) is 28.7 Å². The number of Topliss-reactive ketones (excluding diaryl/α,β-unsaturated/α-hetero) is 1. The Morgan fingerprint density at radius 2 is 1.81 bits per heavy atom. The minimum Gasteiger partial charge on any atom is -0.507 e. The maximum atomic E-state index is 13.6. The first-order valence-electron chi connectivity index (χ1n) is 13.8. The third-order valence-electron chi connectivity index (χ3n) is 6.49. The van der Waals surface area contributed by atoms with Crippen molar-refractivity contribution >= 4 is 39.9 Å². The summed E-state index contributed by atoms with van der Waals surface area (Å²) in [4.78, 5) is 45.7. The fourth-order valence-electron chi connectivity index (χ4n) is 4.41. The largest absolute Gasteiger partial charge is 0.507 e. The predicted molar refractivity (Wildman–Crippen MR) is 161 cm³/mol. The zero-order valence-electron chi connectivity index (χ0n) is 23.9. The van der Waals surface area contributed by atoms with Crippen molar-refractivity contribution in [1.29, 1.82) is 0 Å². The first-order chi connectivity index (χ1) is 20.3. The number of carbonyl (C=O) groups is 3. The van der Waals surface area contributed by atoms with Crippen LogP contribution in [0.3, 0.4) is 0 Å². The third-order valence-corrected chi connectivity index (χ3v) is 7.63. The number of hydrogen-bond acceptors (Lipinski definition) is 9. The lowest BCUT2D eigenvalue weighted by Crippen LogP contribution is -2.29. The van der Waals surface area contributed by atoms with Crippen molar-refractivity contribution < 1.29 is 33.7 Å². The molecule has 10 heteroatoms. The molecular formula is C32H34N2O7S. The molecule has 1 atom stereocenters. The van der Waals surface area contributed by atoms with Crippen LogP contribution < -0.4 is 14.4 Å². The maximum Gasteiger partial charge on any atom is 0.350 e. The molecule has 4 rings (SSSR count). The first kappa shape index (κ1) is 30.5. The molecule has 0 radical (unpaired) electrons. The number of aliphatic hydroxyl groups excluding tert-OH is 1. The molecule has 2 aromatic carbocycles. The minimum atomic E-state index is -1.03. The van der Waals surface area contributed by atoms with E-state index in [9.17, 15) is 19.5 Å². The van der Waals surface area contributed by atoms with Crippen molar-refractivity contribution in [2.45, 2.75) is 46.1 Å². The summed E-state index contributed by atoms with van der Waals surface area (Å²) in [6.07, 6.45) is 4.12. The number of thiazole rings is 1. The first-order valence-corrected chi connectivity index (χ1v) is 14.6. The van der Waals surface area contributed by atoms with E-state index in [0.717, 1.165) is 30.6 Å². The number of ether oxygens (including phenoxy) is 3. The standard InChI is InChI=1S/C32H34N2O7S/c1-5-8-18-40-24-11-9-10-22(19-24)26-25(27(35)21-12-14-23(15-13-21)39-16-6-2)28(36)30(37)34(26)32-33-20(4)29(42-32)31(38)41-17-7-3/h7,9-15,19,26,35H,3,5-6,8,16-18H2,1-2,4H3/b27-25+. The number of aliphatic hydroxyl groups is 1. The van der Waals surface area contributed by atoms with E-state index >= 15 is 0 Å². The number of benzene rings is 2. The number of anilines is 1. The van der Waals surface area contributed by atoms with Crippen LogP contribution in [-0.2, 0) is 14.3 Å². The van der Waals surface area contributed by atoms with Crippen molar-refractivity contribution in [2.75, 3.05) is 24.7 Å². The van der Waals surface area contributed by atoms with E-state index in [0.29, 0.717) is 41.5 Å². The van der Waals surface area contributed by atoms with Gasteiger partial charge in [0, 0.05) is 5.56 Å². The number of aromatic nitrogens is 1. The second kappa shape index (κ2) is 14.0. The van der Waals surface area contributed by atoms with Crippen LogP contribution in [0.5, 0.6) is 11.5 Å². The fourth-order valence-corrected chi connectivity index (χ4v) is 5.40. The van der Waals surface area contributed by atoms with Gasteiger partial charge in [-0.3, -0.25) is 14.5 Å². The average Bonchev–Trinajstić information content (AvgIpc) is 3.51. The summed E-state index contributed by atoms with van der Waals surface area (Å²) >= 11 is 0.941. The normalized spacial score (nSPS) is 16.0. The summed E-state index contributed by atoms with van der Waals surface area (Å²) in [7, 11) is 0. The summed E-state index contributed by atoms with van der Waals surface area (Å²) < 4.78 is 16.7. The highest BCUT2D eigenvalue weighted by atomic mass is 32.1. The van der Waals surface area contributed by atoms with Gasteiger partial charge < -0.3 is 19.3 Å². The van der Waals surface area contributed by atoms with Crippen LogP contribution in [0.15, 0.2) is 66.8 Å². The molecule has 1 saturated heterocycles. The maximum absolute atomic E-state index is 13.6. The molecule has 9 nitrogen and oxygen atoms in total. The number of nitrogens with zero attached hydrogens (tertiary/aromatic N) is 2. The highest BCUT2D eigenvalue weighted by Gasteiger charge is 2.48. The summed E-state index contributed by atoms with van der Waals surface area (Å²) in [6, 6.07) is 12.7. The Kier molecular flexibility index (Phi) is 10.1. The summed E-state index contributed by atoms with van der Waals surface area (Å²) in [5, 5.41) is 11.6. The number of carbonyl (C=O) groups excluding carboxylic acids is 3. The van der Waals surface area contributed by atoms with Crippen LogP contribution in [0.25, 0.3) is 5.76 Å². The van der Waals surface area contributed by atoms with E-state index in [1.165, 1.54) is 11.0 Å². The summed E-state index contributed by atoms with van der Waals surface area (Å²) in [5.74, 6) is -1.50. The lowest BCUT2D eigenvalue weighted by molar-refractivity contribution is -0.132. The molecular weight excluding hydrogens is 556 g/mol. The van der Waals surface area contributed by atoms with Gasteiger partial charge in [-0.1, -0.05) is 56.4 Å². The molecule has 42 heavy (non-hydrogen) atoms. The van der Waals surface area contributed by atoms with E-state index in [1.54, 1.807) is 55.5 Å². The van der Waals surface area contributed by atoms with Gasteiger partial charge in [-0.15, -0.1) is 0 Å². The number of aryl methyl sites for hydroxylation is 1. The molecule has 0 bridgehead atoms. The van der Waals surface area contributed by atoms with Gasteiger partial charge >= 0.3 is 11.9 Å².